The number of rotatable bonds is 4. The SMILES string of the molecule is OCCN1CCC[C@H]1c1[nH]ncc1-c1ccccc1F. The molecule has 2 N–H and O–H groups in total. The van der Waals surface area contributed by atoms with Crippen molar-refractivity contribution in [3.8, 4) is 11.1 Å². The van der Waals surface area contributed by atoms with Gasteiger partial charge in [-0.05, 0) is 25.5 Å². The predicted octanol–water partition coefficient (Wildman–Crippen LogP) is 2.34. The zero-order chi connectivity index (χ0) is 13.9. The first kappa shape index (κ1) is 13.3. The molecular formula is C15H18FN3O. The van der Waals surface area contributed by atoms with Crippen molar-refractivity contribution < 1.29 is 9.50 Å². The second-order valence-electron chi connectivity index (χ2n) is 5.09. The van der Waals surface area contributed by atoms with Gasteiger partial charge >= 0.3 is 0 Å². The maximum Gasteiger partial charge on any atom is 0.131 e. The van der Waals surface area contributed by atoms with Crippen LogP contribution in [0.5, 0.6) is 0 Å². The number of likely N-dealkylation sites (tertiary alicyclic amines) is 1. The Morgan fingerprint density at radius 2 is 2.20 bits per heavy atom. The molecule has 0 saturated carbocycles. The molecule has 0 aliphatic carbocycles. The number of aliphatic hydroxyl groups is 1. The fourth-order valence-electron chi connectivity index (χ4n) is 2.99. The zero-order valence-electron chi connectivity index (χ0n) is 11.2. The standard InChI is InChI=1S/C15H18FN3O/c16-13-5-2-1-4-11(13)12-10-17-18-15(12)14-6-3-7-19(14)8-9-20/h1-2,4-5,10,14,20H,3,6-9H2,(H,17,18)/t14-/m0/s1. The van der Waals surface area contributed by atoms with Gasteiger partial charge in [-0.25, -0.2) is 4.39 Å². The summed E-state index contributed by atoms with van der Waals surface area (Å²) < 4.78 is 14.0. The zero-order valence-corrected chi connectivity index (χ0v) is 11.2. The van der Waals surface area contributed by atoms with Crippen LogP contribution in [0.15, 0.2) is 30.5 Å². The number of H-pyrrole nitrogens is 1. The van der Waals surface area contributed by atoms with Crippen LogP contribution in [-0.4, -0.2) is 39.9 Å². The highest BCUT2D eigenvalue weighted by Crippen LogP contribution is 2.36. The van der Waals surface area contributed by atoms with Crippen LogP contribution in [0.2, 0.25) is 0 Å². The molecule has 2 heterocycles. The Morgan fingerprint density at radius 1 is 1.35 bits per heavy atom. The molecule has 1 fully saturated rings. The van der Waals surface area contributed by atoms with E-state index in [0.29, 0.717) is 12.1 Å². The molecule has 0 radical (unpaired) electrons. The number of hydrogen-bond acceptors (Lipinski definition) is 3. The summed E-state index contributed by atoms with van der Waals surface area (Å²) in [6, 6.07) is 6.93. The highest BCUT2D eigenvalue weighted by molar-refractivity contribution is 5.66. The molecule has 0 spiro atoms. The number of nitrogens with one attached hydrogen (secondary N) is 1. The van der Waals surface area contributed by atoms with Gasteiger partial charge in [-0.3, -0.25) is 10.00 Å². The Kier molecular flexibility index (Phi) is 3.80. The third-order valence-corrected chi connectivity index (χ3v) is 3.92. The number of β-amino-alcohol motifs (C(OH)–C–C–N with tert-alkyl or cyclic N) is 1. The summed E-state index contributed by atoms with van der Waals surface area (Å²) in [6.45, 7) is 1.74. The van der Waals surface area contributed by atoms with Crippen LogP contribution in [0.25, 0.3) is 11.1 Å². The molecule has 1 aliphatic heterocycles. The van der Waals surface area contributed by atoms with Gasteiger partial charge in [0.15, 0.2) is 0 Å². The summed E-state index contributed by atoms with van der Waals surface area (Å²) in [4.78, 5) is 2.22. The van der Waals surface area contributed by atoms with Gasteiger partial charge in [-0.2, -0.15) is 5.10 Å². The molecule has 1 aromatic heterocycles. The van der Waals surface area contributed by atoms with Crippen molar-refractivity contribution in [2.45, 2.75) is 18.9 Å². The van der Waals surface area contributed by atoms with Crippen molar-refractivity contribution in [2.24, 2.45) is 0 Å². The van der Waals surface area contributed by atoms with Crippen molar-refractivity contribution in [2.75, 3.05) is 19.7 Å². The Morgan fingerprint density at radius 3 is 3.00 bits per heavy atom. The second-order valence-corrected chi connectivity index (χ2v) is 5.09. The largest absolute Gasteiger partial charge is 0.395 e. The molecule has 0 unspecified atom stereocenters. The van der Waals surface area contributed by atoms with Crippen LogP contribution in [0.4, 0.5) is 4.39 Å². The van der Waals surface area contributed by atoms with E-state index in [2.05, 4.69) is 15.1 Å². The molecule has 0 bridgehead atoms. The van der Waals surface area contributed by atoms with Gasteiger partial charge in [-0.1, -0.05) is 18.2 Å². The molecule has 1 saturated heterocycles. The molecule has 20 heavy (non-hydrogen) atoms. The third-order valence-electron chi connectivity index (χ3n) is 3.92. The number of nitrogens with zero attached hydrogens (tertiary/aromatic N) is 2. The van der Waals surface area contributed by atoms with Crippen LogP contribution in [0, 0.1) is 5.82 Å². The first-order valence-electron chi connectivity index (χ1n) is 6.94. The molecule has 0 amide bonds. The Hall–Kier alpha value is -1.72. The summed E-state index contributed by atoms with van der Waals surface area (Å²) in [5.41, 5.74) is 2.34. The monoisotopic (exact) mass is 275 g/mol. The van der Waals surface area contributed by atoms with E-state index in [4.69, 9.17) is 5.11 Å². The fraction of sp³-hybridized carbons (Fsp3) is 0.400. The summed E-state index contributed by atoms with van der Waals surface area (Å²) in [7, 11) is 0. The van der Waals surface area contributed by atoms with Crippen molar-refractivity contribution >= 4 is 0 Å². The second kappa shape index (κ2) is 5.73. The van der Waals surface area contributed by atoms with E-state index in [1.54, 1.807) is 18.3 Å². The van der Waals surface area contributed by atoms with E-state index in [1.165, 1.54) is 6.07 Å². The first-order chi connectivity index (χ1) is 9.81. The molecule has 5 heteroatoms. The smallest absolute Gasteiger partial charge is 0.131 e. The molecule has 1 aromatic carbocycles. The molecular weight excluding hydrogens is 257 g/mol. The third kappa shape index (κ3) is 2.34. The minimum Gasteiger partial charge on any atom is -0.395 e. The summed E-state index contributed by atoms with van der Waals surface area (Å²) >= 11 is 0. The number of halogens is 1. The lowest BCUT2D eigenvalue weighted by Crippen LogP contribution is -2.27. The summed E-state index contributed by atoms with van der Waals surface area (Å²) in [5.74, 6) is -0.234. The van der Waals surface area contributed by atoms with Gasteiger partial charge in [-0.15, -0.1) is 0 Å². The Labute approximate surface area is 117 Å². The van der Waals surface area contributed by atoms with Crippen molar-refractivity contribution in [1.29, 1.82) is 0 Å². The van der Waals surface area contributed by atoms with Crippen molar-refractivity contribution in [1.82, 2.24) is 15.1 Å². The maximum absolute atomic E-state index is 14.0. The van der Waals surface area contributed by atoms with Crippen LogP contribution in [0.1, 0.15) is 24.6 Å². The highest BCUT2D eigenvalue weighted by atomic mass is 19.1. The van der Waals surface area contributed by atoms with Crippen molar-refractivity contribution in [3.63, 3.8) is 0 Å². The van der Waals surface area contributed by atoms with Gasteiger partial charge in [0.05, 0.1) is 24.5 Å². The van der Waals surface area contributed by atoms with Crippen molar-refractivity contribution in [3.05, 3.63) is 42.0 Å². The summed E-state index contributed by atoms with van der Waals surface area (Å²) in [5, 5.41) is 16.3. The number of benzene rings is 1. The van der Waals surface area contributed by atoms with E-state index < -0.39 is 0 Å². The van der Waals surface area contributed by atoms with Gasteiger partial charge in [0.25, 0.3) is 0 Å². The van der Waals surface area contributed by atoms with Gasteiger partial charge < -0.3 is 5.11 Å². The van der Waals surface area contributed by atoms with Crippen LogP contribution in [0.3, 0.4) is 0 Å². The van der Waals surface area contributed by atoms with Crippen LogP contribution >= 0.6 is 0 Å². The molecule has 1 aliphatic rings. The van der Waals surface area contributed by atoms with Crippen LogP contribution in [-0.2, 0) is 0 Å². The van der Waals surface area contributed by atoms with E-state index in [1.807, 2.05) is 6.07 Å². The van der Waals surface area contributed by atoms with E-state index in [9.17, 15) is 4.39 Å². The van der Waals surface area contributed by atoms with E-state index in [0.717, 1.165) is 30.6 Å². The molecule has 4 nitrogen and oxygen atoms in total. The first-order valence-corrected chi connectivity index (χ1v) is 6.94. The van der Waals surface area contributed by atoms with E-state index in [-0.39, 0.29) is 18.5 Å². The fourth-order valence-corrected chi connectivity index (χ4v) is 2.99. The number of hydrogen-bond donors (Lipinski definition) is 2. The lowest BCUT2D eigenvalue weighted by Gasteiger charge is -2.23. The van der Waals surface area contributed by atoms with Gasteiger partial charge in [0.2, 0.25) is 0 Å². The Balaban J connectivity index is 1.96. The predicted molar refractivity (Wildman–Crippen MR) is 74.6 cm³/mol. The lowest BCUT2D eigenvalue weighted by molar-refractivity contribution is 0.184. The average molecular weight is 275 g/mol. The number of aromatic nitrogens is 2. The quantitative estimate of drug-likeness (QED) is 0.900. The average Bonchev–Trinajstić information content (AvgIpc) is 3.08. The summed E-state index contributed by atoms with van der Waals surface area (Å²) in [6.07, 6.45) is 3.77. The molecule has 1 atom stereocenters. The van der Waals surface area contributed by atoms with Gasteiger partial charge in [0, 0.05) is 17.7 Å². The number of aromatic amines is 1. The minimum absolute atomic E-state index is 0.139. The molecule has 3 rings (SSSR count). The van der Waals surface area contributed by atoms with E-state index >= 15 is 0 Å². The Bertz CT molecular complexity index is 584. The molecule has 106 valence electrons. The normalized spacial score (nSPS) is 19.6. The topological polar surface area (TPSA) is 52.1 Å². The van der Waals surface area contributed by atoms with Crippen LogP contribution < -0.4 is 0 Å². The highest BCUT2D eigenvalue weighted by Gasteiger charge is 2.29. The number of aliphatic hydroxyl groups excluding tert-OH is 1. The molecule has 2 aromatic rings. The minimum atomic E-state index is -0.234. The van der Waals surface area contributed by atoms with Gasteiger partial charge in [0.1, 0.15) is 5.82 Å². The lowest BCUT2D eigenvalue weighted by atomic mass is 10.0. The maximum atomic E-state index is 14.0.